The maximum atomic E-state index is 14.3. The number of benzene rings is 1. The van der Waals surface area contributed by atoms with E-state index in [2.05, 4.69) is 26.5 Å². The van der Waals surface area contributed by atoms with Crippen molar-refractivity contribution in [3.63, 3.8) is 0 Å². The Hall–Kier alpha value is -2.69. The Labute approximate surface area is 218 Å². The SMILES string of the molecule is COc1ccc2nc(F)cc(C(CCC3CCN(CCSc4cccs4)CC3CC(=O)O)=NO)c2c1. The number of thioether (sulfide) groups is 1. The smallest absolute Gasteiger partial charge is 0.303 e. The fourth-order valence-corrected chi connectivity index (χ4v) is 6.78. The minimum absolute atomic E-state index is 0.00828. The average molecular weight is 532 g/mol. The third-order valence-corrected chi connectivity index (χ3v) is 8.84. The van der Waals surface area contributed by atoms with Crippen LogP contribution in [0.5, 0.6) is 5.75 Å². The summed E-state index contributed by atoms with van der Waals surface area (Å²) in [6.45, 7) is 2.55. The maximum absolute atomic E-state index is 14.3. The summed E-state index contributed by atoms with van der Waals surface area (Å²) >= 11 is 3.56. The van der Waals surface area contributed by atoms with Crippen molar-refractivity contribution in [1.82, 2.24) is 9.88 Å². The zero-order valence-corrected chi connectivity index (χ0v) is 21.7. The van der Waals surface area contributed by atoms with Crippen LogP contribution in [0.15, 0.2) is 51.1 Å². The van der Waals surface area contributed by atoms with Crippen molar-refractivity contribution in [1.29, 1.82) is 0 Å². The van der Waals surface area contributed by atoms with Crippen molar-refractivity contribution >= 4 is 45.7 Å². The lowest BCUT2D eigenvalue weighted by Crippen LogP contribution is -2.42. The standard InChI is InChI=1S/C26H30FN3O4S2/c1-34-19-5-7-22-20(14-19)21(15-24(27)28-22)23(29-33)6-4-17-8-9-30(16-18(17)13-25(31)32)10-12-36-26-3-2-11-35-26/h2-3,5,7,11,14-15,17-18,33H,4,6,8-10,12-13,16H2,1H3,(H,31,32). The van der Waals surface area contributed by atoms with Crippen LogP contribution in [-0.4, -0.2) is 64.4 Å². The number of aromatic nitrogens is 1. The number of carbonyl (C=O) groups is 1. The average Bonchev–Trinajstić information content (AvgIpc) is 3.38. The van der Waals surface area contributed by atoms with Crippen LogP contribution in [0.3, 0.4) is 0 Å². The Bertz CT molecular complexity index is 1210. The van der Waals surface area contributed by atoms with Crippen molar-refractivity contribution in [2.45, 2.75) is 29.9 Å². The third kappa shape index (κ3) is 6.74. The number of halogens is 1. The lowest BCUT2D eigenvalue weighted by Gasteiger charge is -2.38. The molecule has 0 spiro atoms. The topological polar surface area (TPSA) is 95.2 Å². The number of oxime groups is 1. The van der Waals surface area contributed by atoms with Crippen molar-refractivity contribution in [2.75, 3.05) is 32.5 Å². The monoisotopic (exact) mass is 531 g/mol. The summed E-state index contributed by atoms with van der Waals surface area (Å²) in [7, 11) is 1.55. The molecule has 0 radical (unpaired) electrons. The molecule has 1 fully saturated rings. The lowest BCUT2D eigenvalue weighted by atomic mass is 9.79. The Kier molecular flexibility index (Phi) is 9.17. The van der Waals surface area contributed by atoms with Gasteiger partial charge in [-0.15, -0.1) is 23.1 Å². The number of methoxy groups -OCH3 is 1. The van der Waals surface area contributed by atoms with Gasteiger partial charge in [-0.05, 0) is 67.3 Å². The van der Waals surface area contributed by atoms with Gasteiger partial charge in [-0.1, -0.05) is 11.2 Å². The number of thiophene rings is 1. The van der Waals surface area contributed by atoms with Gasteiger partial charge in [0, 0.05) is 42.3 Å². The second kappa shape index (κ2) is 12.5. The fraction of sp³-hybridized carbons (Fsp3) is 0.423. The summed E-state index contributed by atoms with van der Waals surface area (Å²) in [6, 6.07) is 10.6. The predicted molar refractivity (Wildman–Crippen MR) is 141 cm³/mol. The molecule has 1 aromatic carbocycles. The van der Waals surface area contributed by atoms with Crippen molar-refractivity contribution in [3.05, 3.63) is 53.3 Å². The largest absolute Gasteiger partial charge is 0.497 e. The van der Waals surface area contributed by atoms with Gasteiger partial charge in [-0.2, -0.15) is 4.39 Å². The second-order valence-corrected chi connectivity index (χ2v) is 11.3. The summed E-state index contributed by atoms with van der Waals surface area (Å²) < 4.78 is 20.9. The van der Waals surface area contributed by atoms with Crippen LogP contribution in [0.25, 0.3) is 10.9 Å². The van der Waals surface area contributed by atoms with Gasteiger partial charge >= 0.3 is 5.97 Å². The van der Waals surface area contributed by atoms with Gasteiger partial charge in [0.05, 0.1) is 22.5 Å². The van der Waals surface area contributed by atoms with E-state index in [1.807, 2.05) is 17.8 Å². The molecule has 0 saturated carbocycles. The summed E-state index contributed by atoms with van der Waals surface area (Å²) in [5.41, 5.74) is 1.28. The number of aliphatic carboxylic acids is 1. The van der Waals surface area contributed by atoms with Gasteiger partial charge in [0.15, 0.2) is 0 Å². The van der Waals surface area contributed by atoms with Gasteiger partial charge in [0.25, 0.3) is 0 Å². The number of likely N-dealkylation sites (tertiary alicyclic amines) is 1. The molecular weight excluding hydrogens is 501 g/mol. The van der Waals surface area contributed by atoms with Crippen LogP contribution in [0, 0.1) is 17.8 Å². The highest BCUT2D eigenvalue weighted by Crippen LogP contribution is 2.33. The van der Waals surface area contributed by atoms with E-state index in [-0.39, 0.29) is 18.3 Å². The summed E-state index contributed by atoms with van der Waals surface area (Å²) in [6.07, 6.45) is 2.04. The van der Waals surface area contributed by atoms with Crippen molar-refractivity contribution < 1.29 is 24.2 Å². The number of piperidine rings is 1. The molecular formula is C26H30FN3O4S2. The number of carboxylic acids is 1. The molecule has 3 heterocycles. The van der Waals surface area contributed by atoms with Crippen LogP contribution < -0.4 is 4.74 Å². The normalized spacial score (nSPS) is 19.0. The van der Waals surface area contributed by atoms with E-state index < -0.39 is 11.9 Å². The number of hydrogen-bond donors (Lipinski definition) is 2. The molecule has 4 rings (SSSR count). The van der Waals surface area contributed by atoms with Gasteiger partial charge in [0.1, 0.15) is 5.75 Å². The van der Waals surface area contributed by atoms with E-state index in [0.717, 1.165) is 31.8 Å². The molecule has 0 amide bonds. The number of fused-ring (bicyclic) bond motifs is 1. The van der Waals surface area contributed by atoms with Crippen molar-refractivity contribution in [3.8, 4) is 5.75 Å². The molecule has 3 aromatic rings. The molecule has 1 saturated heterocycles. The van der Waals surface area contributed by atoms with Gasteiger partial charge < -0.3 is 20.0 Å². The summed E-state index contributed by atoms with van der Waals surface area (Å²) in [4.78, 5) is 17.9. The van der Waals surface area contributed by atoms with Crippen molar-refractivity contribution in [2.24, 2.45) is 17.0 Å². The summed E-state index contributed by atoms with van der Waals surface area (Å²) in [5, 5.41) is 25.6. The van der Waals surface area contributed by atoms with E-state index in [0.29, 0.717) is 40.8 Å². The molecule has 2 aromatic heterocycles. The minimum Gasteiger partial charge on any atom is -0.497 e. The zero-order valence-electron chi connectivity index (χ0n) is 20.1. The number of nitrogens with zero attached hydrogens (tertiary/aromatic N) is 3. The van der Waals surface area contributed by atoms with E-state index >= 15 is 0 Å². The van der Waals surface area contributed by atoms with Crippen LogP contribution in [0.4, 0.5) is 4.39 Å². The number of ether oxygens (including phenoxy) is 1. The lowest BCUT2D eigenvalue weighted by molar-refractivity contribution is -0.139. The van der Waals surface area contributed by atoms with E-state index in [4.69, 9.17) is 4.74 Å². The van der Waals surface area contributed by atoms with Gasteiger partial charge in [0.2, 0.25) is 5.95 Å². The predicted octanol–water partition coefficient (Wildman–Crippen LogP) is 5.61. The number of carboxylic acid groups (broad SMARTS) is 1. The molecule has 1 aliphatic rings. The first-order valence-electron chi connectivity index (χ1n) is 11.9. The highest BCUT2D eigenvalue weighted by Gasteiger charge is 2.31. The molecule has 36 heavy (non-hydrogen) atoms. The highest BCUT2D eigenvalue weighted by atomic mass is 32.2. The Morgan fingerprint density at radius 2 is 2.19 bits per heavy atom. The molecule has 0 bridgehead atoms. The highest BCUT2D eigenvalue weighted by molar-refractivity contribution is 8.01. The molecule has 7 nitrogen and oxygen atoms in total. The Balaban J connectivity index is 1.42. The summed E-state index contributed by atoms with van der Waals surface area (Å²) in [5.74, 6) is 0.295. The van der Waals surface area contributed by atoms with Crippen LogP contribution in [-0.2, 0) is 4.79 Å². The Morgan fingerprint density at radius 3 is 2.92 bits per heavy atom. The minimum atomic E-state index is -0.801. The molecule has 2 atom stereocenters. The van der Waals surface area contributed by atoms with E-state index in [1.54, 1.807) is 36.6 Å². The fourth-order valence-electron chi connectivity index (χ4n) is 4.91. The van der Waals surface area contributed by atoms with Crippen LogP contribution >= 0.6 is 23.1 Å². The molecule has 192 valence electrons. The first-order valence-corrected chi connectivity index (χ1v) is 13.8. The molecule has 0 aliphatic carbocycles. The number of rotatable bonds is 11. The number of pyridine rings is 1. The first-order chi connectivity index (χ1) is 17.5. The van der Waals surface area contributed by atoms with Gasteiger partial charge in [-0.3, -0.25) is 4.79 Å². The molecule has 2 unspecified atom stereocenters. The molecule has 1 aliphatic heterocycles. The number of hydrogen-bond acceptors (Lipinski definition) is 8. The third-order valence-electron chi connectivity index (χ3n) is 6.73. The van der Waals surface area contributed by atoms with E-state index in [9.17, 15) is 19.5 Å². The van der Waals surface area contributed by atoms with Crippen LogP contribution in [0.2, 0.25) is 0 Å². The van der Waals surface area contributed by atoms with Gasteiger partial charge in [-0.25, -0.2) is 4.98 Å². The Morgan fingerprint density at radius 1 is 1.33 bits per heavy atom. The van der Waals surface area contributed by atoms with Crippen LogP contribution in [0.1, 0.15) is 31.2 Å². The molecule has 10 heteroatoms. The van der Waals surface area contributed by atoms with E-state index in [1.165, 1.54) is 10.3 Å². The quantitative estimate of drug-likeness (QED) is 0.109. The second-order valence-electron chi connectivity index (χ2n) is 8.95. The zero-order chi connectivity index (χ0) is 25.5. The first kappa shape index (κ1) is 26.4. The maximum Gasteiger partial charge on any atom is 0.303 e. The molecule has 2 N–H and O–H groups in total.